The number of nitrogens with one attached hydrogen (secondary N) is 1. The smallest absolute Gasteiger partial charge is 0.268 e. The summed E-state index contributed by atoms with van der Waals surface area (Å²) < 4.78 is 7.75. The van der Waals surface area contributed by atoms with E-state index in [4.69, 9.17) is 4.74 Å². The van der Waals surface area contributed by atoms with Gasteiger partial charge in [-0.15, -0.1) is 16.4 Å². The first-order valence-electron chi connectivity index (χ1n) is 10.4. The van der Waals surface area contributed by atoms with Crippen molar-refractivity contribution in [3.63, 3.8) is 0 Å². The maximum Gasteiger partial charge on any atom is 0.268 e. The number of rotatable bonds is 7. The molecule has 2 heterocycles. The summed E-state index contributed by atoms with van der Waals surface area (Å²) in [7, 11) is 0. The summed E-state index contributed by atoms with van der Waals surface area (Å²) in [5, 5.41) is 9.08. The third kappa shape index (κ3) is 5.23. The van der Waals surface area contributed by atoms with Crippen molar-refractivity contribution in [2.24, 2.45) is 0 Å². The van der Waals surface area contributed by atoms with E-state index >= 15 is 0 Å². The van der Waals surface area contributed by atoms with Crippen LogP contribution in [0, 0.1) is 27.7 Å². The number of anilines is 1. The molecule has 2 aromatic heterocycles. The third-order valence-corrected chi connectivity index (χ3v) is 6.03. The molecule has 0 aliphatic carbocycles. The van der Waals surface area contributed by atoms with Gasteiger partial charge in [0.15, 0.2) is 0 Å². The van der Waals surface area contributed by atoms with E-state index < -0.39 is 0 Å². The molecule has 0 aliphatic rings. The lowest BCUT2D eigenvalue weighted by Crippen LogP contribution is -2.12. The summed E-state index contributed by atoms with van der Waals surface area (Å²) >= 11 is 1.38. The standard InChI is InChI=1S/C25H26N4O2S/c1-16-6-5-7-20(10-16)12-29-15-26-25(28-29)27-24(30)22-11-21(14-32-22)13-31-23-18(3)8-17(2)9-19(23)4/h5-11,14-15H,12-13H2,1-4H3,(H,27,28,30). The highest BCUT2D eigenvalue weighted by Crippen LogP contribution is 2.26. The molecule has 0 saturated heterocycles. The van der Waals surface area contributed by atoms with Crippen molar-refractivity contribution >= 4 is 23.2 Å². The van der Waals surface area contributed by atoms with Gasteiger partial charge in [0.25, 0.3) is 5.91 Å². The number of hydrogen-bond acceptors (Lipinski definition) is 5. The van der Waals surface area contributed by atoms with Gasteiger partial charge in [-0.05, 0) is 55.8 Å². The van der Waals surface area contributed by atoms with Gasteiger partial charge in [-0.3, -0.25) is 10.1 Å². The van der Waals surface area contributed by atoms with Crippen LogP contribution >= 0.6 is 11.3 Å². The van der Waals surface area contributed by atoms with Gasteiger partial charge in [-0.25, -0.2) is 9.67 Å². The number of thiophene rings is 1. The molecule has 7 heteroatoms. The van der Waals surface area contributed by atoms with Crippen LogP contribution in [0.4, 0.5) is 5.95 Å². The molecule has 0 saturated carbocycles. The molecule has 4 rings (SSSR count). The van der Waals surface area contributed by atoms with E-state index in [0.29, 0.717) is 24.0 Å². The van der Waals surface area contributed by atoms with E-state index in [1.54, 1.807) is 11.0 Å². The van der Waals surface area contributed by atoms with Crippen LogP contribution in [0.15, 0.2) is 54.2 Å². The van der Waals surface area contributed by atoms with E-state index in [-0.39, 0.29) is 5.91 Å². The first kappa shape index (κ1) is 21.8. The monoisotopic (exact) mass is 446 g/mol. The molecule has 32 heavy (non-hydrogen) atoms. The molecular weight excluding hydrogens is 420 g/mol. The molecule has 1 amide bonds. The molecule has 0 unspecified atom stereocenters. The predicted molar refractivity (Wildman–Crippen MR) is 128 cm³/mol. The van der Waals surface area contributed by atoms with Crippen LogP contribution in [0.25, 0.3) is 0 Å². The van der Waals surface area contributed by atoms with Gasteiger partial charge in [-0.1, -0.05) is 47.5 Å². The summed E-state index contributed by atoms with van der Waals surface area (Å²) in [5.74, 6) is 0.966. The number of amides is 1. The Morgan fingerprint density at radius 3 is 2.56 bits per heavy atom. The van der Waals surface area contributed by atoms with Gasteiger partial charge in [-0.2, -0.15) is 0 Å². The van der Waals surface area contributed by atoms with Crippen molar-refractivity contribution < 1.29 is 9.53 Å². The average Bonchev–Trinajstić information content (AvgIpc) is 3.37. The Bertz CT molecular complexity index is 1240. The number of benzene rings is 2. The summed E-state index contributed by atoms with van der Waals surface area (Å²) in [5.41, 5.74) is 6.73. The summed E-state index contributed by atoms with van der Waals surface area (Å²) in [6.07, 6.45) is 1.62. The minimum atomic E-state index is -0.225. The van der Waals surface area contributed by atoms with E-state index in [9.17, 15) is 4.79 Å². The Balaban J connectivity index is 1.36. The second-order valence-electron chi connectivity index (χ2n) is 8.04. The zero-order valence-corrected chi connectivity index (χ0v) is 19.5. The molecule has 0 atom stereocenters. The highest BCUT2D eigenvalue weighted by molar-refractivity contribution is 7.12. The SMILES string of the molecule is Cc1cccc(Cn2cnc(NC(=O)c3cc(COc4c(C)cc(C)cc4C)cs3)n2)c1. The molecule has 2 aromatic carbocycles. The second-order valence-corrected chi connectivity index (χ2v) is 8.96. The lowest BCUT2D eigenvalue weighted by molar-refractivity contribution is 0.102. The largest absolute Gasteiger partial charge is 0.488 e. The fraction of sp³-hybridized carbons (Fsp3) is 0.240. The molecular formula is C25H26N4O2S. The van der Waals surface area contributed by atoms with Crippen molar-refractivity contribution in [3.05, 3.63) is 92.4 Å². The lowest BCUT2D eigenvalue weighted by atomic mass is 10.1. The van der Waals surface area contributed by atoms with Gasteiger partial charge < -0.3 is 4.74 Å². The minimum Gasteiger partial charge on any atom is -0.488 e. The Morgan fingerprint density at radius 1 is 1.03 bits per heavy atom. The molecule has 0 spiro atoms. The van der Waals surface area contributed by atoms with Gasteiger partial charge in [0.2, 0.25) is 5.95 Å². The Hall–Kier alpha value is -3.45. The highest BCUT2D eigenvalue weighted by Gasteiger charge is 2.13. The fourth-order valence-corrected chi connectivity index (χ4v) is 4.50. The van der Waals surface area contributed by atoms with E-state index in [1.165, 1.54) is 22.5 Å². The van der Waals surface area contributed by atoms with E-state index in [2.05, 4.69) is 53.5 Å². The predicted octanol–water partition coefficient (Wildman–Crippen LogP) is 5.45. The topological polar surface area (TPSA) is 69.0 Å². The van der Waals surface area contributed by atoms with Crippen LogP contribution < -0.4 is 10.1 Å². The van der Waals surface area contributed by atoms with Crippen LogP contribution in [0.3, 0.4) is 0 Å². The van der Waals surface area contributed by atoms with Gasteiger partial charge in [0.1, 0.15) is 18.7 Å². The third-order valence-electron chi connectivity index (χ3n) is 5.05. The number of nitrogens with zero attached hydrogens (tertiary/aromatic N) is 3. The van der Waals surface area contributed by atoms with E-state index in [0.717, 1.165) is 28.0 Å². The molecule has 0 fully saturated rings. The van der Waals surface area contributed by atoms with Gasteiger partial charge in [0.05, 0.1) is 11.4 Å². The van der Waals surface area contributed by atoms with Crippen molar-refractivity contribution in [3.8, 4) is 5.75 Å². The minimum absolute atomic E-state index is 0.225. The number of hydrogen-bond donors (Lipinski definition) is 1. The van der Waals surface area contributed by atoms with Crippen molar-refractivity contribution in [1.29, 1.82) is 0 Å². The van der Waals surface area contributed by atoms with Crippen molar-refractivity contribution in [2.45, 2.75) is 40.8 Å². The Kier molecular flexibility index (Phi) is 6.37. The van der Waals surface area contributed by atoms with Crippen LogP contribution in [0.1, 0.15) is 43.1 Å². The summed E-state index contributed by atoms with van der Waals surface area (Å²) in [6, 6.07) is 14.3. The maximum atomic E-state index is 12.6. The maximum absolute atomic E-state index is 12.6. The first-order valence-corrected chi connectivity index (χ1v) is 11.3. The number of carbonyl (C=O) groups is 1. The van der Waals surface area contributed by atoms with E-state index in [1.807, 2.05) is 37.4 Å². The quantitative estimate of drug-likeness (QED) is 0.410. The number of aryl methyl sites for hydroxylation is 4. The zero-order valence-electron chi connectivity index (χ0n) is 18.7. The van der Waals surface area contributed by atoms with Crippen LogP contribution in [-0.4, -0.2) is 20.7 Å². The number of aromatic nitrogens is 3. The molecule has 164 valence electrons. The number of carbonyl (C=O) groups excluding carboxylic acids is 1. The molecule has 1 N–H and O–H groups in total. The number of ether oxygens (including phenoxy) is 1. The van der Waals surface area contributed by atoms with Crippen molar-refractivity contribution in [1.82, 2.24) is 14.8 Å². The second kappa shape index (κ2) is 9.36. The van der Waals surface area contributed by atoms with Crippen LogP contribution in [0.5, 0.6) is 5.75 Å². The van der Waals surface area contributed by atoms with Crippen LogP contribution in [0.2, 0.25) is 0 Å². The highest BCUT2D eigenvalue weighted by atomic mass is 32.1. The molecule has 4 aromatic rings. The summed E-state index contributed by atoms with van der Waals surface area (Å²) in [6.45, 7) is 9.24. The van der Waals surface area contributed by atoms with Crippen molar-refractivity contribution in [2.75, 3.05) is 5.32 Å². The average molecular weight is 447 g/mol. The first-order chi connectivity index (χ1) is 15.4. The zero-order chi connectivity index (χ0) is 22.7. The van der Waals surface area contributed by atoms with Gasteiger partial charge >= 0.3 is 0 Å². The van der Waals surface area contributed by atoms with Crippen LogP contribution in [-0.2, 0) is 13.2 Å². The normalized spacial score (nSPS) is 10.9. The molecule has 0 aliphatic heterocycles. The van der Waals surface area contributed by atoms with Gasteiger partial charge in [0, 0.05) is 5.56 Å². The molecule has 0 bridgehead atoms. The molecule has 6 nitrogen and oxygen atoms in total. The fourth-order valence-electron chi connectivity index (χ4n) is 3.71. The Morgan fingerprint density at radius 2 is 1.81 bits per heavy atom. The Labute approximate surface area is 191 Å². The summed E-state index contributed by atoms with van der Waals surface area (Å²) in [4.78, 5) is 17.4. The molecule has 0 radical (unpaired) electrons. The lowest BCUT2D eigenvalue weighted by Gasteiger charge is -2.12.